The van der Waals surface area contributed by atoms with E-state index in [4.69, 9.17) is 4.42 Å². The Morgan fingerprint density at radius 2 is 2.17 bits per heavy atom. The Hall–Kier alpha value is -1.55. The zero-order valence-corrected chi connectivity index (χ0v) is 11.5. The molecule has 0 aliphatic rings. The van der Waals surface area contributed by atoms with Crippen molar-refractivity contribution in [3.05, 3.63) is 41.1 Å². The minimum atomic E-state index is 0.160. The van der Waals surface area contributed by atoms with Crippen LogP contribution in [0.3, 0.4) is 0 Å². The van der Waals surface area contributed by atoms with Gasteiger partial charge in [-0.05, 0) is 33.4 Å². The van der Waals surface area contributed by atoms with Crippen molar-refractivity contribution >= 4 is 0 Å². The van der Waals surface area contributed by atoms with Crippen LogP contribution in [0.4, 0.5) is 0 Å². The van der Waals surface area contributed by atoms with E-state index in [1.165, 1.54) is 11.1 Å². The Morgan fingerprint density at radius 3 is 2.67 bits per heavy atom. The van der Waals surface area contributed by atoms with Gasteiger partial charge in [-0.1, -0.05) is 6.92 Å². The standard InChI is InChI=1S/C14H21N3O/c1-5-15-14(12-8-16-17(6-2)9-12)13-7-10(3)18-11(13)4/h7-9,14-15H,5-6H2,1-4H3. The Labute approximate surface area is 108 Å². The second-order valence-corrected chi connectivity index (χ2v) is 4.49. The van der Waals surface area contributed by atoms with Crippen LogP contribution in [0.15, 0.2) is 22.9 Å². The first-order valence-corrected chi connectivity index (χ1v) is 6.48. The van der Waals surface area contributed by atoms with Gasteiger partial charge >= 0.3 is 0 Å². The van der Waals surface area contributed by atoms with Gasteiger partial charge in [0.25, 0.3) is 0 Å². The van der Waals surface area contributed by atoms with Crippen LogP contribution in [-0.4, -0.2) is 16.3 Å². The van der Waals surface area contributed by atoms with Gasteiger partial charge in [0.05, 0.1) is 12.2 Å². The van der Waals surface area contributed by atoms with Gasteiger partial charge in [-0.2, -0.15) is 5.10 Å². The first-order valence-electron chi connectivity index (χ1n) is 6.48. The molecule has 2 aromatic rings. The molecule has 1 atom stereocenters. The third-order valence-corrected chi connectivity index (χ3v) is 3.11. The summed E-state index contributed by atoms with van der Waals surface area (Å²) >= 11 is 0. The number of aryl methyl sites for hydroxylation is 3. The predicted octanol–water partition coefficient (Wildman–Crippen LogP) is 2.81. The molecule has 18 heavy (non-hydrogen) atoms. The number of nitrogens with one attached hydrogen (secondary N) is 1. The summed E-state index contributed by atoms with van der Waals surface area (Å²) in [6, 6.07) is 2.26. The summed E-state index contributed by atoms with van der Waals surface area (Å²) < 4.78 is 7.58. The van der Waals surface area contributed by atoms with Crippen molar-refractivity contribution in [3.8, 4) is 0 Å². The molecule has 0 amide bonds. The number of furan rings is 1. The van der Waals surface area contributed by atoms with E-state index < -0.39 is 0 Å². The van der Waals surface area contributed by atoms with E-state index >= 15 is 0 Å². The van der Waals surface area contributed by atoms with Gasteiger partial charge in [0, 0.05) is 23.9 Å². The third kappa shape index (κ3) is 2.48. The largest absolute Gasteiger partial charge is 0.466 e. The van der Waals surface area contributed by atoms with Gasteiger partial charge in [-0.15, -0.1) is 0 Å². The van der Waals surface area contributed by atoms with Crippen molar-refractivity contribution in [3.63, 3.8) is 0 Å². The molecular formula is C14H21N3O. The minimum Gasteiger partial charge on any atom is -0.466 e. The molecule has 0 spiro atoms. The lowest BCUT2D eigenvalue weighted by Gasteiger charge is -2.15. The molecule has 0 fully saturated rings. The fraction of sp³-hybridized carbons (Fsp3) is 0.500. The van der Waals surface area contributed by atoms with Crippen LogP contribution in [0.1, 0.15) is 42.5 Å². The highest BCUT2D eigenvalue weighted by atomic mass is 16.3. The molecule has 2 rings (SSSR count). The first-order chi connectivity index (χ1) is 8.65. The quantitative estimate of drug-likeness (QED) is 0.883. The summed E-state index contributed by atoms with van der Waals surface area (Å²) in [7, 11) is 0. The molecule has 0 radical (unpaired) electrons. The number of aromatic nitrogens is 2. The Balaban J connectivity index is 2.36. The SMILES string of the molecule is CCNC(c1cnn(CC)c1)c1cc(C)oc1C. The van der Waals surface area contributed by atoms with Crippen molar-refractivity contribution in [1.82, 2.24) is 15.1 Å². The molecule has 2 heterocycles. The molecule has 1 N–H and O–H groups in total. The van der Waals surface area contributed by atoms with Crippen molar-refractivity contribution < 1.29 is 4.42 Å². The molecule has 2 aromatic heterocycles. The van der Waals surface area contributed by atoms with Gasteiger partial charge in [-0.3, -0.25) is 4.68 Å². The summed E-state index contributed by atoms with van der Waals surface area (Å²) in [6.07, 6.45) is 4.02. The summed E-state index contributed by atoms with van der Waals surface area (Å²) in [6.45, 7) is 9.99. The average molecular weight is 247 g/mol. The lowest BCUT2D eigenvalue weighted by molar-refractivity contribution is 0.495. The lowest BCUT2D eigenvalue weighted by Crippen LogP contribution is -2.21. The fourth-order valence-electron chi connectivity index (χ4n) is 2.25. The number of hydrogen-bond donors (Lipinski definition) is 1. The topological polar surface area (TPSA) is 43.0 Å². The highest BCUT2D eigenvalue weighted by molar-refractivity contribution is 5.32. The maximum atomic E-state index is 5.63. The van der Waals surface area contributed by atoms with E-state index in [1.807, 2.05) is 24.7 Å². The maximum absolute atomic E-state index is 5.63. The molecule has 0 saturated carbocycles. The predicted molar refractivity (Wildman–Crippen MR) is 71.6 cm³/mol. The van der Waals surface area contributed by atoms with E-state index in [1.54, 1.807) is 0 Å². The molecule has 0 bridgehead atoms. The van der Waals surface area contributed by atoms with E-state index in [2.05, 4.69) is 36.5 Å². The lowest BCUT2D eigenvalue weighted by atomic mass is 10.0. The van der Waals surface area contributed by atoms with Crippen molar-refractivity contribution in [2.75, 3.05) is 6.54 Å². The number of hydrogen-bond acceptors (Lipinski definition) is 3. The van der Waals surface area contributed by atoms with E-state index in [9.17, 15) is 0 Å². The zero-order chi connectivity index (χ0) is 13.1. The van der Waals surface area contributed by atoms with Gasteiger partial charge in [0.1, 0.15) is 11.5 Å². The van der Waals surface area contributed by atoms with Crippen LogP contribution in [-0.2, 0) is 6.54 Å². The van der Waals surface area contributed by atoms with Crippen molar-refractivity contribution in [2.24, 2.45) is 0 Å². The molecule has 1 unspecified atom stereocenters. The van der Waals surface area contributed by atoms with E-state index in [0.717, 1.165) is 24.6 Å². The second-order valence-electron chi connectivity index (χ2n) is 4.49. The highest BCUT2D eigenvalue weighted by Gasteiger charge is 2.19. The zero-order valence-electron chi connectivity index (χ0n) is 11.5. The van der Waals surface area contributed by atoms with Crippen molar-refractivity contribution in [1.29, 1.82) is 0 Å². The minimum absolute atomic E-state index is 0.160. The Bertz CT molecular complexity index is 513. The van der Waals surface area contributed by atoms with Crippen LogP contribution in [0.2, 0.25) is 0 Å². The average Bonchev–Trinajstić information content (AvgIpc) is 2.93. The number of rotatable bonds is 5. The van der Waals surface area contributed by atoms with Gasteiger partial charge in [0.15, 0.2) is 0 Å². The fourth-order valence-corrected chi connectivity index (χ4v) is 2.25. The molecule has 0 aromatic carbocycles. The number of nitrogens with zero attached hydrogens (tertiary/aromatic N) is 2. The normalized spacial score (nSPS) is 12.9. The van der Waals surface area contributed by atoms with Crippen LogP contribution in [0.5, 0.6) is 0 Å². The van der Waals surface area contributed by atoms with Gasteiger partial charge in [-0.25, -0.2) is 0 Å². The molecular weight excluding hydrogens is 226 g/mol. The summed E-state index contributed by atoms with van der Waals surface area (Å²) in [4.78, 5) is 0. The maximum Gasteiger partial charge on any atom is 0.106 e. The molecule has 98 valence electrons. The molecule has 0 aliphatic heterocycles. The Kier molecular flexibility index (Phi) is 3.87. The first kappa shape index (κ1) is 12.9. The molecule has 0 saturated heterocycles. The van der Waals surface area contributed by atoms with Gasteiger partial charge in [0.2, 0.25) is 0 Å². The monoisotopic (exact) mass is 247 g/mol. The van der Waals surface area contributed by atoms with Gasteiger partial charge < -0.3 is 9.73 Å². The van der Waals surface area contributed by atoms with Crippen LogP contribution in [0.25, 0.3) is 0 Å². The third-order valence-electron chi connectivity index (χ3n) is 3.11. The van der Waals surface area contributed by atoms with Crippen LogP contribution < -0.4 is 5.32 Å². The smallest absolute Gasteiger partial charge is 0.106 e. The van der Waals surface area contributed by atoms with Crippen LogP contribution in [0, 0.1) is 13.8 Å². The Morgan fingerprint density at radius 1 is 1.39 bits per heavy atom. The summed E-state index contributed by atoms with van der Waals surface area (Å²) in [5.74, 6) is 1.93. The summed E-state index contributed by atoms with van der Waals surface area (Å²) in [5, 5.41) is 7.84. The molecule has 4 nitrogen and oxygen atoms in total. The highest BCUT2D eigenvalue weighted by Crippen LogP contribution is 2.27. The van der Waals surface area contributed by atoms with Crippen LogP contribution >= 0.6 is 0 Å². The molecule has 0 aliphatic carbocycles. The summed E-state index contributed by atoms with van der Waals surface area (Å²) in [5.41, 5.74) is 2.38. The van der Waals surface area contributed by atoms with E-state index in [0.29, 0.717) is 0 Å². The molecule has 4 heteroatoms. The van der Waals surface area contributed by atoms with Crippen molar-refractivity contribution in [2.45, 2.75) is 40.3 Å². The second kappa shape index (κ2) is 5.40. The van der Waals surface area contributed by atoms with E-state index in [-0.39, 0.29) is 6.04 Å².